The van der Waals surface area contributed by atoms with Crippen LogP contribution in [0.5, 0.6) is 0 Å². The predicted molar refractivity (Wildman–Crippen MR) is 76.9 cm³/mol. The first-order valence-electron chi connectivity index (χ1n) is 6.28. The van der Waals surface area contributed by atoms with Crippen molar-refractivity contribution in [3.63, 3.8) is 0 Å². The molecule has 1 aromatic rings. The van der Waals surface area contributed by atoms with Crippen LogP contribution in [0.3, 0.4) is 0 Å². The van der Waals surface area contributed by atoms with E-state index in [0.717, 1.165) is 6.42 Å². The van der Waals surface area contributed by atoms with Crippen molar-refractivity contribution in [2.24, 2.45) is 0 Å². The average Bonchev–Trinajstić information content (AvgIpc) is 2.43. The van der Waals surface area contributed by atoms with Crippen molar-refractivity contribution >= 4 is 21.6 Å². The molecule has 0 amide bonds. The van der Waals surface area contributed by atoms with E-state index in [4.69, 9.17) is 22.0 Å². The standard InChI is InChI=1S/C13H17ClN2O3S/c1-2-3-6-16(7-8-17)20(18,19)13-9-11(10-15)4-5-12(13)14/h4-5,9,17H,2-3,6-8H2,1H3. The number of sulfonamides is 1. The molecule has 0 aliphatic rings. The van der Waals surface area contributed by atoms with E-state index >= 15 is 0 Å². The summed E-state index contributed by atoms with van der Waals surface area (Å²) in [5.74, 6) is 0. The molecular formula is C13H17ClN2O3S. The summed E-state index contributed by atoms with van der Waals surface area (Å²) in [6.07, 6.45) is 1.53. The lowest BCUT2D eigenvalue weighted by Crippen LogP contribution is -2.34. The summed E-state index contributed by atoms with van der Waals surface area (Å²) in [7, 11) is -3.81. The van der Waals surface area contributed by atoms with Gasteiger partial charge in [0.25, 0.3) is 0 Å². The first-order valence-corrected chi connectivity index (χ1v) is 8.09. The second-order valence-electron chi connectivity index (χ2n) is 4.24. The van der Waals surface area contributed by atoms with Gasteiger partial charge in [-0.05, 0) is 24.6 Å². The fourth-order valence-corrected chi connectivity index (χ4v) is 3.68. The fraction of sp³-hybridized carbons (Fsp3) is 0.462. The van der Waals surface area contributed by atoms with E-state index in [1.807, 2.05) is 13.0 Å². The number of rotatable bonds is 7. The SMILES string of the molecule is CCCCN(CCO)S(=O)(=O)c1cc(C#N)ccc1Cl. The van der Waals surface area contributed by atoms with Gasteiger partial charge in [0.2, 0.25) is 10.0 Å². The van der Waals surface area contributed by atoms with E-state index in [9.17, 15) is 8.42 Å². The largest absolute Gasteiger partial charge is 0.395 e. The molecule has 0 fully saturated rings. The van der Waals surface area contributed by atoms with Crippen molar-refractivity contribution in [2.75, 3.05) is 19.7 Å². The number of halogens is 1. The van der Waals surface area contributed by atoms with Crippen molar-refractivity contribution in [3.8, 4) is 6.07 Å². The molecule has 1 N–H and O–H groups in total. The molecule has 0 heterocycles. The molecule has 5 nitrogen and oxygen atoms in total. The van der Waals surface area contributed by atoms with Gasteiger partial charge in [0.05, 0.1) is 23.3 Å². The van der Waals surface area contributed by atoms with Gasteiger partial charge < -0.3 is 5.11 Å². The number of hydrogen-bond acceptors (Lipinski definition) is 4. The normalized spacial score (nSPS) is 11.6. The maximum Gasteiger partial charge on any atom is 0.244 e. The van der Waals surface area contributed by atoms with Crippen molar-refractivity contribution in [1.82, 2.24) is 4.31 Å². The Bertz CT molecular complexity index is 596. The molecule has 7 heteroatoms. The van der Waals surface area contributed by atoms with E-state index in [-0.39, 0.29) is 28.6 Å². The maximum absolute atomic E-state index is 12.5. The van der Waals surface area contributed by atoms with Gasteiger partial charge in [-0.25, -0.2) is 8.42 Å². The molecule has 0 atom stereocenters. The number of unbranched alkanes of at least 4 members (excludes halogenated alkanes) is 1. The van der Waals surface area contributed by atoms with Crippen LogP contribution in [0.4, 0.5) is 0 Å². The molecule has 0 radical (unpaired) electrons. The molecule has 0 saturated carbocycles. The fourth-order valence-electron chi connectivity index (χ4n) is 1.71. The van der Waals surface area contributed by atoms with Crippen LogP contribution in [0, 0.1) is 11.3 Å². The van der Waals surface area contributed by atoms with Gasteiger partial charge in [0, 0.05) is 13.1 Å². The Morgan fingerprint density at radius 1 is 1.40 bits per heavy atom. The van der Waals surface area contributed by atoms with Crippen LogP contribution < -0.4 is 0 Å². The molecule has 1 aromatic carbocycles. The third kappa shape index (κ3) is 3.93. The number of nitriles is 1. The summed E-state index contributed by atoms with van der Waals surface area (Å²) in [6.45, 7) is 2.01. The molecule has 1 rings (SSSR count). The summed E-state index contributed by atoms with van der Waals surface area (Å²) < 4.78 is 26.3. The minimum absolute atomic E-state index is 0.00937. The molecule has 0 bridgehead atoms. The Morgan fingerprint density at radius 2 is 2.10 bits per heavy atom. The van der Waals surface area contributed by atoms with Gasteiger partial charge in [0.1, 0.15) is 4.90 Å². The van der Waals surface area contributed by atoms with Crippen LogP contribution in [-0.4, -0.2) is 37.5 Å². The maximum atomic E-state index is 12.5. The predicted octanol–water partition coefficient (Wildman–Crippen LogP) is 1.99. The van der Waals surface area contributed by atoms with Crippen LogP contribution in [0.2, 0.25) is 5.02 Å². The second-order valence-corrected chi connectivity index (χ2v) is 6.55. The lowest BCUT2D eigenvalue weighted by molar-refractivity contribution is 0.252. The van der Waals surface area contributed by atoms with Gasteiger partial charge in [0.15, 0.2) is 0 Å². The lowest BCUT2D eigenvalue weighted by atomic mass is 10.2. The highest BCUT2D eigenvalue weighted by Crippen LogP contribution is 2.25. The van der Waals surface area contributed by atoms with E-state index in [2.05, 4.69) is 0 Å². The van der Waals surface area contributed by atoms with Gasteiger partial charge in [-0.1, -0.05) is 24.9 Å². The van der Waals surface area contributed by atoms with Crippen LogP contribution in [0.25, 0.3) is 0 Å². The summed E-state index contributed by atoms with van der Waals surface area (Å²) in [5, 5.41) is 18.0. The highest BCUT2D eigenvalue weighted by atomic mass is 35.5. The minimum atomic E-state index is -3.81. The molecule has 20 heavy (non-hydrogen) atoms. The van der Waals surface area contributed by atoms with Crippen molar-refractivity contribution in [1.29, 1.82) is 5.26 Å². The second kappa shape index (κ2) is 7.60. The Kier molecular flexibility index (Phi) is 6.43. The van der Waals surface area contributed by atoms with Crippen LogP contribution >= 0.6 is 11.6 Å². The molecule has 0 spiro atoms. The zero-order valence-electron chi connectivity index (χ0n) is 11.2. The Morgan fingerprint density at radius 3 is 2.65 bits per heavy atom. The molecule has 0 aromatic heterocycles. The quantitative estimate of drug-likeness (QED) is 0.834. The molecule has 0 aliphatic heterocycles. The Labute approximate surface area is 124 Å². The van der Waals surface area contributed by atoms with E-state index in [1.165, 1.54) is 22.5 Å². The zero-order valence-corrected chi connectivity index (χ0v) is 12.8. The smallest absolute Gasteiger partial charge is 0.244 e. The van der Waals surface area contributed by atoms with Gasteiger partial charge >= 0.3 is 0 Å². The third-order valence-corrected chi connectivity index (χ3v) is 5.17. The van der Waals surface area contributed by atoms with Crippen LogP contribution in [-0.2, 0) is 10.0 Å². The molecule has 110 valence electrons. The third-order valence-electron chi connectivity index (χ3n) is 2.79. The van der Waals surface area contributed by atoms with Gasteiger partial charge in [-0.3, -0.25) is 0 Å². The summed E-state index contributed by atoms with van der Waals surface area (Å²) >= 11 is 5.94. The summed E-state index contributed by atoms with van der Waals surface area (Å²) in [4.78, 5) is -0.0947. The number of nitrogens with zero attached hydrogens (tertiary/aromatic N) is 2. The Hall–Kier alpha value is -1.13. The molecule has 0 aliphatic carbocycles. The van der Waals surface area contributed by atoms with E-state index in [0.29, 0.717) is 13.0 Å². The summed E-state index contributed by atoms with van der Waals surface area (Å²) in [6, 6.07) is 6.00. The molecule has 0 unspecified atom stereocenters. The highest BCUT2D eigenvalue weighted by Gasteiger charge is 2.26. The summed E-state index contributed by atoms with van der Waals surface area (Å²) in [5.41, 5.74) is 0.229. The first-order chi connectivity index (χ1) is 9.47. The van der Waals surface area contributed by atoms with E-state index in [1.54, 1.807) is 0 Å². The number of aliphatic hydroxyl groups excluding tert-OH is 1. The molecule has 0 saturated heterocycles. The lowest BCUT2D eigenvalue weighted by Gasteiger charge is -2.21. The Balaban J connectivity index is 3.22. The number of hydrogen-bond donors (Lipinski definition) is 1. The van der Waals surface area contributed by atoms with Crippen molar-refractivity contribution < 1.29 is 13.5 Å². The highest BCUT2D eigenvalue weighted by molar-refractivity contribution is 7.89. The topological polar surface area (TPSA) is 81.4 Å². The average molecular weight is 317 g/mol. The van der Waals surface area contributed by atoms with E-state index < -0.39 is 10.0 Å². The van der Waals surface area contributed by atoms with Gasteiger partial charge in [-0.2, -0.15) is 9.57 Å². The van der Waals surface area contributed by atoms with Crippen molar-refractivity contribution in [2.45, 2.75) is 24.7 Å². The monoisotopic (exact) mass is 316 g/mol. The minimum Gasteiger partial charge on any atom is -0.395 e. The number of benzene rings is 1. The zero-order chi connectivity index (χ0) is 15.2. The van der Waals surface area contributed by atoms with Crippen LogP contribution in [0.1, 0.15) is 25.3 Å². The van der Waals surface area contributed by atoms with Gasteiger partial charge in [-0.15, -0.1) is 0 Å². The van der Waals surface area contributed by atoms with Crippen LogP contribution in [0.15, 0.2) is 23.1 Å². The molecular weight excluding hydrogens is 300 g/mol. The number of aliphatic hydroxyl groups is 1. The first kappa shape index (κ1) is 16.9. The van der Waals surface area contributed by atoms with Crippen molar-refractivity contribution in [3.05, 3.63) is 28.8 Å².